The highest BCUT2D eigenvalue weighted by atomic mass is 32.2. The summed E-state index contributed by atoms with van der Waals surface area (Å²) in [5.41, 5.74) is 1.67. The molecule has 0 bridgehead atoms. The van der Waals surface area contributed by atoms with E-state index in [-0.39, 0.29) is 11.4 Å². The Hall–Kier alpha value is -3.05. The lowest BCUT2D eigenvalue weighted by molar-refractivity contribution is -0.383. The van der Waals surface area contributed by atoms with Crippen molar-refractivity contribution in [2.24, 2.45) is 0 Å². The second-order valence-corrected chi connectivity index (χ2v) is 8.36. The van der Waals surface area contributed by atoms with Crippen molar-refractivity contribution >= 4 is 32.3 Å². The molecule has 3 aromatic rings. The Kier molecular flexibility index (Phi) is 4.69. The van der Waals surface area contributed by atoms with E-state index < -0.39 is 14.9 Å². The number of nitro groups is 1. The number of piperazine rings is 1. The van der Waals surface area contributed by atoms with Gasteiger partial charge in [0.2, 0.25) is 10.0 Å². The molecule has 10 nitrogen and oxygen atoms in total. The van der Waals surface area contributed by atoms with Crippen LogP contribution in [0.15, 0.2) is 47.3 Å². The van der Waals surface area contributed by atoms with Gasteiger partial charge in [0.15, 0.2) is 0 Å². The van der Waals surface area contributed by atoms with Crippen LogP contribution in [-0.4, -0.2) is 54.0 Å². The molecular formula is C17H17N5O5S. The third kappa shape index (κ3) is 3.41. The lowest BCUT2D eigenvalue weighted by atomic mass is 10.1. The number of nitro benzene ring substituents is 1. The van der Waals surface area contributed by atoms with Gasteiger partial charge in [0, 0.05) is 44.5 Å². The fraction of sp³-hybridized carbons (Fsp3) is 0.294. The summed E-state index contributed by atoms with van der Waals surface area (Å²) < 4.78 is 31.3. The minimum atomic E-state index is -3.49. The molecule has 1 aliphatic rings. The van der Waals surface area contributed by atoms with Crippen LogP contribution in [0.25, 0.3) is 10.9 Å². The Bertz CT molecular complexity index is 1110. The van der Waals surface area contributed by atoms with Crippen LogP contribution in [0, 0.1) is 10.1 Å². The Labute approximate surface area is 160 Å². The van der Waals surface area contributed by atoms with Crippen LogP contribution < -0.4 is 4.90 Å². The van der Waals surface area contributed by atoms with Gasteiger partial charge in [-0.1, -0.05) is 5.16 Å². The number of non-ortho nitro benzene ring substituents is 1. The third-order valence-electron chi connectivity index (χ3n) is 4.72. The molecule has 1 aliphatic heterocycles. The maximum atomic E-state index is 12.6. The van der Waals surface area contributed by atoms with Gasteiger partial charge in [0.1, 0.15) is 17.5 Å². The second-order valence-electron chi connectivity index (χ2n) is 6.39. The lowest BCUT2D eigenvalue weighted by Gasteiger charge is -2.35. The minimum absolute atomic E-state index is 0.000626. The van der Waals surface area contributed by atoms with Crippen LogP contribution in [0.2, 0.25) is 0 Å². The molecule has 1 fully saturated rings. The highest BCUT2D eigenvalue weighted by molar-refractivity contribution is 7.88. The second kappa shape index (κ2) is 7.17. The first kappa shape index (κ1) is 18.3. The van der Waals surface area contributed by atoms with E-state index in [1.165, 1.54) is 22.7 Å². The first-order chi connectivity index (χ1) is 13.5. The van der Waals surface area contributed by atoms with E-state index in [0.29, 0.717) is 42.8 Å². The summed E-state index contributed by atoms with van der Waals surface area (Å²) in [4.78, 5) is 17.2. The normalized spacial score (nSPS) is 15.8. The smallest absolute Gasteiger partial charge is 0.278 e. The van der Waals surface area contributed by atoms with Crippen molar-refractivity contribution in [2.75, 3.05) is 31.1 Å². The van der Waals surface area contributed by atoms with Crippen LogP contribution in [0.5, 0.6) is 0 Å². The first-order valence-electron chi connectivity index (χ1n) is 8.60. The molecule has 0 saturated carbocycles. The number of aromatic nitrogens is 2. The molecule has 2 aromatic heterocycles. The molecule has 0 N–H and O–H groups in total. The van der Waals surface area contributed by atoms with Crippen molar-refractivity contribution in [1.82, 2.24) is 14.4 Å². The highest BCUT2D eigenvalue weighted by Gasteiger charge is 2.29. The van der Waals surface area contributed by atoms with Gasteiger partial charge < -0.3 is 9.42 Å². The third-order valence-corrected chi connectivity index (χ3v) is 6.53. The number of hydrogen-bond donors (Lipinski definition) is 0. The van der Waals surface area contributed by atoms with Gasteiger partial charge in [-0.25, -0.2) is 8.42 Å². The quantitative estimate of drug-likeness (QED) is 0.467. The number of pyridine rings is 1. The highest BCUT2D eigenvalue weighted by Crippen LogP contribution is 2.32. The van der Waals surface area contributed by atoms with Crippen molar-refractivity contribution in [3.8, 4) is 0 Å². The SMILES string of the molecule is O=[N+]([O-])c1ccc(N2CCN(S(=O)(=O)Cc3ccon3)CC2)c2ncccc12. The monoisotopic (exact) mass is 403 g/mol. The summed E-state index contributed by atoms with van der Waals surface area (Å²) in [6, 6.07) is 8.00. The van der Waals surface area contributed by atoms with Gasteiger partial charge in [-0.3, -0.25) is 15.1 Å². The Balaban J connectivity index is 1.54. The molecule has 0 spiro atoms. The number of nitrogens with zero attached hydrogens (tertiary/aromatic N) is 5. The number of anilines is 1. The van der Waals surface area contributed by atoms with Crippen LogP contribution in [0.4, 0.5) is 11.4 Å². The molecule has 11 heteroatoms. The summed E-state index contributed by atoms with van der Waals surface area (Å²) in [5, 5.41) is 15.4. The molecule has 0 aliphatic carbocycles. The van der Waals surface area contributed by atoms with Crippen molar-refractivity contribution in [3.63, 3.8) is 0 Å². The van der Waals surface area contributed by atoms with Crippen LogP contribution in [0.1, 0.15) is 5.69 Å². The fourth-order valence-corrected chi connectivity index (χ4v) is 4.78. The summed E-state index contributed by atoms with van der Waals surface area (Å²) >= 11 is 0. The van der Waals surface area contributed by atoms with Gasteiger partial charge in [-0.15, -0.1) is 0 Å². The molecule has 0 atom stereocenters. The molecule has 0 amide bonds. The molecule has 1 saturated heterocycles. The van der Waals surface area contributed by atoms with Crippen LogP contribution in [-0.2, 0) is 15.8 Å². The summed E-state index contributed by atoms with van der Waals surface area (Å²) in [5.74, 6) is -0.203. The lowest BCUT2D eigenvalue weighted by Crippen LogP contribution is -2.49. The number of benzene rings is 1. The van der Waals surface area contributed by atoms with Crippen LogP contribution in [0.3, 0.4) is 0 Å². The van der Waals surface area contributed by atoms with E-state index in [9.17, 15) is 18.5 Å². The van der Waals surface area contributed by atoms with E-state index >= 15 is 0 Å². The Morgan fingerprint density at radius 1 is 1.14 bits per heavy atom. The van der Waals surface area contributed by atoms with Gasteiger partial charge in [0.05, 0.1) is 21.7 Å². The van der Waals surface area contributed by atoms with E-state index in [0.717, 1.165) is 5.69 Å². The van der Waals surface area contributed by atoms with Crippen molar-refractivity contribution in [2.45, 2.75) is 5.75 Å². The maximum absolute atomic E-state index is 12.6. The average Bonchev–Trinajstić information content (AvgIpc) is 3.19. The first-order valence-corrected chi connectivity index (χ1v) is 10.2. The molecule has 3 heterocycles. The summed E-state index contributed by atoms with van der Waals surface area (Å²) in [6.07, 6.45) is 2.93. The molecular weight excluding hydrogens is 386 g/mol. The topological polar surface area (TPSA) is 123 Å². The zero-order valence-electron chi connectivity index (χ0n) is 14.8. The largest absolute Gasteiger partial charge is 0.367 e. The van der Waals surface area contributed by atoms with E-state index in [1.54, 1.807) is 24.4 Å². The van der Waals surface area contributed by atoms with E-state index in [2.05, 4.69) is 10.1 Å². The molecule has 146 valence electrons. The minimum Gasteiger partial charge on any atom is -0.367 e. The molecule has 0 radical (unpaired) electrons. The average molecular weight is 403 g/mol. The standard InChI is InChI=1S/C17H17N5O5S/c23-22(24)15-3-4-16(17-14(15)2-1-6-18-17)20-7-9-21(10-8-20)28(25,26)12-13-5-11-27-19-13/h1-6,11H,7-10,12H2. The van der Waals surface area contributed by atoms with Gasteiger partial charge in [0.25, 0.3) is 5.69 Å². The zero-order valence-corrected chi connectivity index (χ0v) is 15.6. The van der Waals surface area contributed by atoms with Gasteiger partial charge >= 0.3 is 0 Å². The van der Waals surface area contributed by atoms with Gasteiger partial charge in [-0.2, -0.15) is 4.31 Å². The summed E-state index contributed by atoms with van der Waals surface area (Å²) in [7, 11) is -3.49. The maximum Gasteiger partial charge on any atom is 0.278 e. The number of fused-ring (bicyclic) bond motifs is 1. The van der Waals surface area contributed by atoms with Gasteiger partial charge in [-0.05, 0) is 18.2 Å². The Morgan fingerprint density at radius 3 is 2.61 bits per heavy atom. The number of sulfonamides is 1. The predicted molar refractivity (Wildman–Crippen MR) is 101 cm³/mol. The molecule has 1 aromatic carbocycles. The number of rotatable bonds is 5. The number of hydrogen-bond acceptors (Lipinski definition) is 8. The molecule has 4 rings (SSSR count). The zero-order chi connectivity index (χ0) is 19.7. The van der Waals surface area contributed by atoms with E-state index in [4.69, 9.17) is 4.52 Å². The van der Waals surface area contributed by atoms with Crippen LogP contribution >= 0.6 is 0 Å². The fourth-order valence-electron chi connectivity index (χ4n) is 3.35. The molecule has 0 unspecified atom stereocenters. The van der Waals surface area contributed by atoms with Crippen molar-refractivity contribution < 1.29 is 17.9 Å². The van der Waals surface area contributed by atoms with Crippen molar-refractivity contribution in [1.29, 1.82) is 0 Å². The predicted octanol–water partition coefficient (Wildman–Crippen LogP) is 1.78. The molecule has 28 heavy (non-hydrogen) atoms. The summed E-state index contributed by atoms with van der Waals surface area (Å²) in [6.45, 7) is 1.54. The Morgan fingerprint density at radius 2 is 1.93 bits per heavy atom. The van der Waals surface area contributed by atoms with Crippen molar-refractivity contribution in [3.05, 3.63) is 58.6 Å². The van der Waals surface area contributed by atoms with E-state index in [1.807, 2.05) is 4.90 Å².